The Labute approximate surface area is 123 Å². The number of carbonyl (C=O) groups excluding carboxylic acids is 2. The normalized spacial score (nSPS) is 10.0. The predicted octanol–water partition coefficient (Wildman–Crippen LogP) is 2.89. The monoisotopic (exact) mass is 284 g/mol. The first-order chi connectivity index (χ1) is 10.2. The molecule has 0 saturated heterocycles. The summed E-state index contributed by atoms with van der Waals surface area (Å²) in [7, 11) is 2.93. The van der Waals surface area contributed by atoms with Crippen LogP contribution in [0.25, 0.3) is 11.1 Å². The second-order valence-electron chi connectivity index (χ2n) is 4.49. The van der Waals surface area contributed by atoms with Crippen LogP contribution in [0.15, 0.2) is 42.5 Å². The molecule has 108 valence electrons. The molecule has 2 rings (SSSR count). The maximum atomic E-state index is 11.4. The highest BCUT2D eigenvalue weighted by atomic mass is 16.5. The Kier molecular flexibility index (Phi) is 4.72. The third kappa shape index (κ3) is 3.28. The van der Waals surface area contributed by atoms with Crippen molar-refractivity contribution in [3.63, 3.8) is 0 Å². The molecule has 0 amide bonds. The van der Waals surface area contributed by atoms with E-state index in [0.29, 0.717) is 11.3 Å². The first kappa shape index (κ1) is 14.8. The van der Waals surface area contributed by atoms with Crippen molar-refractivity contribution in [3.8, 4) is 16.9 Å². The lowest BCUT2D eigenvalue weighted by molar-refractivity contribution is -0.139. The number of aldehydes is 1. The molecule has 0 N–H and O–H groups in total. The predicted molar refractivity (Wildman–Crippen MR) is 79.5 cm³/mol. The standard InChI is InChI=1S/C17H16O4/c1-20-16-8-7-12(10-17(19)21-2)9-15(16)14-6-4-3-5-13(14)11-18/h3-9,11H,10H2,1-2H3. The first-order valence-electron chi connectivity index (χ1n) is 6.48. The molecule has 0 radical (unpaired) electrons. The van der Waals surface area contributed by atoms with Gasteiger partial charge in [-0.15, -0.1) is 0 Å². The summed E-state index contributed by atoms with van der Waals surface area (Å²) < 4.78 is 10.0. The largest absolute Gasteiger partial charge is 0.496 e. The smallest absolute Gasteiger partial charge is 0.309 e. The Balaban J connectivity index is 2.52. The van der Waals surface area contributed by atoms with E-state index in [2.05, 4.69) is 4.74 Å². The average Bonchev–Trinajstić information content (AvgIpc) is 2.54. The van der Waals surface area contributed by atoms with Gasteiger partial charge in [-0.2, -0.15) is 0 Å². The Morgan fingerprint density at radius 1 is 1.10 bits per heavy atom. The van der Waals surface area contributed by atoms with Gasteiger partial charge in [0.05, 0.1) is 20.6 Å². The van der Waals surface area contributed by atoms with Crippen LogP contribution in [0.4, 0.5) is 0 Å². The van der Waals surface area contributed by atoms with Crippen LogP contribution in [-0.4, -0.2) is 26.5 Å². The fourth-order valence-corrected chi connectivity index (χ4v) is 2.16. The number of esters is 1. The number of hydrogen-bond donors (Lipinski definition) is 0. The van der Waals surface area contributed by atoms with Crippen LogP contribution < -0.4 is 4.74 Å². The molecule has 0 aliphatic heterocycles. The molecule has 0 fully saturated rings. The van der Waals surface area contributed by atoms with E-state index in [4.69, 9.17) is 4.74 Å². The average molecular weight is 284 g/mol. The SMILES string of the molecule is COC(=O)Cc1ccc(OC)c(-c2ccccc2C=O)c1. The van der Waals surface area contributed by atoms with Gasteiger partial charge in [0.2, 0.25) is 0 Å². The number of ether oxygens (including phenoxy) is 2. The molecule has 2 aromatic rings. The number of rotatable bonds is 5. The van der Waals surface area contributed by atoms with Gasteiger partial charge < -0.3 is 9.47 Å². The Morgan fingerprint density at radius 2 is 1.86 bits per heavy atom. The summed E-state index contributed by atoms with van der Waals surface area (Å²) in [5, 5.41) is 0. The number of methoxy groups -OCH3 is 2. The Hall–Kier alpha value is -2.62. The second kappa shape index (κ2) is 6.70. The van der Waals surface area contributed by atoms with Crippen molar-refractivity contribution < 1.29 is 19.1 Å². The summed E-state index contributed by atoms with van der Waals surface area (Å²) in [6.45, 7) is 0. The van der Waals surface area contributed by atoms with E-state index < -0.39 is 0 Å². The molecule has 0 aliphatic rings. The van der Waals surface area contributed by atoms with Crippen molar-refractivity contribution in [1.82, 2.24) is 0 Å². The summed E-state index contributed by atoms with van der Waals surface area (Å²) in [4.78, 5) is 22.6. The quantitative estimate of drug-likeness (QED) is 0.626. The minimum atomic E-state index is -0.310. The minimum Gasteiger partial charge on any atom is -0.496 e. The van der Waals surface area contributed by atoms with Gasteiger partial charge in [-0.05, 0) is 23.3 Å². The molecule has 21 heavy (non-hydrogen) atoms. The molecular formula is C17H16O4. The molecule has 0 atom stereocenters. The molecule has 4 nitrogen and oxygen atoms in total. The molecule has 4 heteroatoms. The van der Waals surface area contributed by atoms with Crippen molar-refractivity contribution in [1.29, 1.82) is 0 Å². The van der Waals surface area contributed by atoms with E-state index in [1.54, 1.807) is 25.3 Å². The molecule has 0 aliphatic carbocycles. The minimum absolute atomic E-state index is 0.177. The van der Waals surface area contributed by atoms with E-state index in [1.165, 1.54) is 7.11 Å². The van der Waals surface area contributed by atoms with Gasteiger partial charge >= 0.3 is 5.97 Å². The lowest BCUT2D eigenvalue weighted by Crippen LogP contribution is -2.04. The molecule has 0 aromatic heterocycles. The first-order valence-corrected chi connectivity index (χ1v) is 6.48. The highest BCUT2D eigenvalue weighted by Crippen LogP contribution is 2.32. The number of hydrogen-bond acceptors (Lipinski definition) is 4. The molecule has 0 bridgehead atoms. The molecule has 2 aromatic carbocycles. The van der Waals surface area contributed by atoms with Crippen molar-refractivity contribution in [2.75, 3.05) is 14.2 Å². The summed E-state index contributed by atoms with van der Waals surface area (Å²) in [6.07, 6.45) is 0.985. The van der Waals surface area contributed by atoms with Crippen molar-refractivity contribution in [3.05, 3.63) is 53.6 Å². The number of carbonyl (C=O) groups is 2. The molecular weight excluding hydrogens is 268 g/mol. The van der Waals surface area contributed by atoms with E-state index in [1.807, 2.05) is 24.3 Å². The molecule has 0 saturated carbocycles. The van der Waals surface area contributed by atoms with Crippen LogP contribution in [-0.2, 0) is 16.0 Å². The lowest BCUT2D eigenvalue weighted by atomic mass is 9.97. The molecule has 0 heterocycles. The Morgan fingerprint density at radius 3 is 2.52 bits per heavy atom. The summed E-state index contributed by atoms with van der Waals surface area (Å²) in [5.74, 6) is 0.340. The molecule has 0 unspecified atom stereocenters. The molecule has 0 spiro atoms. The van der Waals surface area contributed by atoms with Gasteiger partial charge in [0.15, 0.2) is 6.29 Å². The summed E-state index contributed by atoms with van der Waals surface area (Å²) in [6, 6.07) is 12.7. The highest BCUT2D eigenvalue weighted by Gasteiger charge is 2.12. The van der Waals surface area contributed by atoms with Crippen LogP contribution in [0.5, 0.6) is 5.75 Å². The second-order valence-corrected chi connectivity index (χ2v) is 4.49. The fourth-order valence-electron chi connectivity index (χ4n) is 2.16. The summed E-state index contributed by atoms with van der Waals surface area (Å²) in [5.41, 5.74) is 2.93. The third-order valence-corrected chi connectivity index (χ3v) is 3.22. The van der Waals surface area contributed by atoms with Gasteiger partial charge in [-0.3, -0.25) is 9.59 Å². The van der Waals surface area contributed by atoms with Crippen LogP contribution in [0.2, 0.25) is 0 Å². The van der Waals surface area contributed by atoms with Gasteiger partial charge in [-0.25, -0.2) is 0 Å². The zero-order valence-corrected chi connectivity index (χ0v) is 12.0. The van der Waals surface area contributed by atoms with Crippen LogP contribution in [0, 0.1) is 0 Å². The highest BCUT2D eigenvalue weighted by molar-refractivity contribution is 5.89. The van der Waals surface area contributed by atoms with E-state index in [9.17, 15) is 9.59 Å². The van der Waals surface area contributed by atoms with Gasteiger partial charge in [0.1, 0.15) is 5.75 Å². The van der Waals surface area contributed by atoms with Gasteiger partial charge in [0, 0.05) is 11.1 Å². The topological polar surface area (TPSA) is 52.6 Å². The maximum absolute atomic E-state index is 11.4. The van der Waals surface area contributed by atoms with Crippen LogP contribution in [0.3, 0.4) is 0 Å². The maximum Gasteiger partial charge on any atom is 0.309 e. The zero-order valence-electron chi connectivity index (χ0n) is 12.0. The van der Waals surface area contributed by atoms with Crippen LogP contribution >= 0.6 is 0 Å². The lowest BCUT2D eigenvalue weighted by Gasteiger charge is -2.12. The van der Waals surface area contributed by atoms with Crippen molar-refractivity contribution in [2.45, 2.75) is 6.42 Å². The third-order valence-electron chi connectivity index (χ3n) is 3.22. The van der Waals surface area contributed by atoms with E-state index >= 15 is 0 Å². The van der Waals surface area contributed by atoms with E-state index in [0.717, 1.165) is 23.0 Å². The van der Waals surface area contributed by atoms with E-state index in [-0.39, 0.29) is 12.4 Å². The van der Waals surface area contributed by atoms with Crippen molar-refractivity contribution in [2.24, 2.45) is 0 Å². The van der Waals surface area contributed by atoms with Crippen molar-refractivity contribution >= 4 is 12.3 Å². The number of benzene rings is 2. The fraction of sp³-hybridized carbons (Fsp3) is 0.176. The zero-order chi connectivity index (χ0) is 15.2. The van der Waals surface area contributed by atoms with Gasteiger partial charge in [-0.1, -0.05) is 30.3 Å². The van der Waals surface area contributed by atoms with Gasteiger partial charge in [0.25, 0.3) is 0 Å². The van der Waals surface area contributed by atoms with Crippen LogP contribution in [0.1, 0.15) is 15.9 Å². The summed E-state index contributed by atoms with van der Waals surface area (Å²) >= 11 is 0. The Bertz CT molecular complexity index is 662.